The number of fused-ring (bicyclic) bond motifs is 1. The minimum Gasteiger partial charge on any atom is -0.485 e. The second-order valence-electron chi connectivity index (χ2n) is 5.82. The fourth-order valence-electron chi connectivity index (χ4n) is 3.21. The van der Waals surface area contributed by atoms with Crippen LogP contribution >= 0.6 is 0 Å². The van der Waals surface area contributed by atoms with Gasteiger partial charge in [-0.3, -0.25) is 4.79 Å². The van der Waals surface area contributed by atoms with Crippen molar-refractivity contribution in [2.75, 3.05) is 19.7 Å². The van der Waals surface area contributed by atoms with E-state index in [9.17, 15) is 4.79 Å². The number of para-hydroxylation sites is 2. The van der Waals surface area contributed by atoms with Crippen molar-refractivity contribution in [3.63, 3.8) is 0 Å². The zero-order chi connectivity index (χ0) is 14.8. The van der Waals surface area contributed by atoms with Crippen LogP contribution in [0.4, 0.5) is 0 Å². The first-order valence-electron chi connectivity index (χ1n) is 7.59. The van der Waals surface area contributed by atoms with E-state index in [1.807, 2.05) is 29.2 Å². The highest BCUT2D eigenvalue weighted by atomic mass is 16.6. The molecule has 3 unspecified atom stereocenters. The Morgan fingerprint density at radius 1 is 1.38 bits per heavy atom. The van der Waals surface area contributed by atoms with Crippen LogP contribution in [-0.4, -0.2) is 42.6 Å². The maximum absolute atomic E-state index is 12.7. The minimum atomic E-state index is -0.570. The fourth-order valence-corrected chi connectivity index (χ4v) is 3.21. The van der Waals surface area contributed by atoms with Gasteiger partial charge in [-0.2, -0.15) is 0 Å². The van der Waals surface area contributed by atoms with Gasteiger partial charge in [-0.05, 0) is 30.9 Å². The summed E-state index contributed by atoms with van der Waals surface area (Å²) in [7, 11) is 0. The lowest BCUT2D eigenvalue weighted by molar-refractivity contribution is -0.146. The number of ether oxygens (including phenoxy) is 2. The topological polar surface area (TPSA) is 64.8 Å². The number of carbonyl (C=O) groups excluding carboxylic acids is 1. The van der Waals surface area contributed by atoms with Crippen LogP contribution in [0.2, 0.25) is 0 Å². The normalized spacial score (nSPS) is 28.3. The Kier molecular flexibility index (Phi) is 4.01. The largest absolute Gasteiger partial charge is 0.485 e. The molecule has 21 heavy (non-hydrogen) atoms. The number of benzene rings is 1. The molecule has 0 spiro atoms. The van der Waals surface area contributed by atoms with Gasteiger partial charge in [0.2, 0.25) is 6.10 Å². The van der Waals surface area contributed by atoms with Gasteiger partial charge in [-0.25, -0.2) is 0 Å². The van der Waals surface area contributed by atoms with Gasteiger partial charge in [0.15, 0.2) is 11.5 Å². The zero-order valence-electron chi connectivity index (χ0n) is 12.3. The average Bonchev–Trinajstić information content (AvgIpc) is 2.53. The molecule has 3 atom stereocenters. The molecule has 5 nitrogen and oxygen atoms in total. The molecule has 0 saturated carbocycles. The smallest absolute Gasteiger partial charge is 0.267 e. The lowest BCUT2D eigenvalue weighted by atomic mass is 9.90. The Bertz CT molecular complexity index is 520. The molecule has 2 N–H and O–H groups in total. The number of hydrogen-bond acceptors (Lipinski definition) is 4. The Morgan fingerprint density at radius 2 is 2.14 bits per heavy atom. The average molecular weight is 290 g/mol. The molecule has 0 aliphatic carbocycles. The maximum Gasteiger partial charge on any atom is 0.267 e. The van der Waals surface area contributed by atoms with Gasteiger partial charge in [0.25, 0.3) is 5.91 Å². The number of nitrogens with two attached hydrogens (primary N) is 1. The summed E-state index contributed by atoms with van der Waals surface area (Å²) in [6, 6.07) is 7.55. The summed E-state index contributed by atoms with van der Waals surface area (Å²) in [6.07, 6.45) is 1.57. The lowest BCUT2D eigenvalue weighted by Gasteiger charge is -2.41. The Hall–Kier alpha value is -1.75. The summed E-state index contributed by atoms with van der Waals surface area (Å²) < 4.78 is 11.5. The van der Waals surface area contributed by atoms with Crippen LogP contribution in [0.3, 0.4) is 0 Å². The van der Waals surface area contributed by atoms with Crippen LogP contribution in [-0.2, 0) is 4.79 Å². The molecule has 1 saturated heterocycles. The maximum atomic E-state index is 12.7. The number of carbonyl (C=O) groups is 1. The molecule has 0 bridgehead atoms. The highest BCUT2D eigenvalue weighted by Gasteiger charge is 2.37. The number of likely N-dealkylation sites (tertiary alicyclic amines) is 1. The molecule has 1 aromatic carbocycles. The van der Waals surface area contributed by atoms with Gasteiger partial charge < -0.3 is 20.1 Å². The quantitative estimate of drug-likeness (QED) is 0.894. The van der Waals surface area contributed by atoms with Crippen molar-refractivity contribution in [3.05, 3.63) is 24.3 Å². The van der Waals surface area contributed by atoms with E-state index < -0.39 is 6.10 Å². The summed E-state index contributed by atoms with van der Waals surface area (Å²) in [5.74, 6) is 1.76. The highest BCUT2D eigenvalue weighted by Crippen LogP contribution is 2.32. The minimum absolute atomic E-state index is 0.00787. The number of nitrogens with zero attached hydrogens (tertiary/aromatic N) is 1. The molecule has 1 amide bonds. The molecule has 1 aromatic rings. The van der Waals surface area contributed by atoms with E-state index in [1.54, 1.807) is 0 Å². The van der Waals surface area contributed by atoms with Gasteiger partial charge in [0, 0.05) is 19.1 Å². The molecule has 3 rings (SSSR count). The fraction of sp³-hybridized carbons (Fsp3) is 0.562. The van der Waals surface area contributed by atoms with Crippen molar-refractivity contribution >= 4 is 5.91 Å². The monoisotopic (exact) mass is 290 g/mol. The molecular weight excluding hydrogens is 268 g/mol. The molecule has 1 fully saturated rings. The van der Waals surface area contributed by atoms with E-state index in [0.29, 0.717) is 24.0 Å². The summed E-state index contributed by atoms with van der Waals surface area (Å²) in [5.41, 5.74) is 5.86. The van der Waals surface area contributed by atoms with Gasteiger partial charge >= 0.3 is 0 Å². The first-order valence-corrected chi connectivity index (χ1v) is 7.59. The van der Waals surface area contributed by atoms with Gasteiger partial charge in [-0.1, -0.05) is 19.1 Å². The molecule has 0 aromatic heterocycles. The molecule has 2 heterocycles. The molecule has 5 heteroatoms. The zero-order valence-corrected chi connectivity index (χ0v) is 12.3. The molecule has 114 valence electrons. The van der Waals surface area contributed by atoms with Gasteiger partial charge in [-0.15, -0.1) is 0 Å². The standard InChI is InChI=1S/C16H22N2O3/c1-11-5-4-8-18(12(11)9-17)16(19)15-10-20-13-6-2-3-7-14(13)21-15/h2-3,6-7,11-12,15H,4-5,8-10,17H2,1H3. The number of amides is 1. The van der Waals surface area contributed by atoms with Crippen LogP contribution < -0.4 is 15.2 Å². The Morgan fingerprint density at radius 3 is 2.90 bits per heavy atom. The molecule has 2 aliphatic rings. The summed E-state index contributed by atoms with van der Waals surface area (Å²) in [5, 5.41) is 0. The highest BCUT2D eigenvalue weighted by molar-refractivity contribution is 5.82. The van der Waals surface area contributed by atoms with E-state index in [2.05, 4.69) is 6.92 Å². The van der Waals surface area contributed by atoms with Crippen molar-refractivity contribution in [2.24, 2.45) is 11.7 Å². The summed E-state index contributed by atoms with van der Waals surface area (Å²) in [4.78, 5) is 14.6. The predicted octanol–water partition coefficient (Wildman–Crippen LogP) is 1.41. The number of rotatable bonds is 2. The van der Waals surface area contributed by atoms with Crippen molar-refractivity contribution in [1.29, 1.82) is 0 Å². The van der Waals surface area contributed by atoms with Crippen molar-refractivity contribution in [1.82, 2.24) is 4.90 Å². The lowest BCUT2D eigenvalue weighted by Crippen LogP contribution is -2.56. The molecule has 2 aliphatic heterocycles. The number of hydrogen-bond donors (Lipinski definition) is 1. The molecule has 0 radical (unpaired) electrons. The predicted molar refractivity (Wildman–Crippen MR) is 79.3 cm³/mol. The SMILES string of the molecule is CC1CCCN(C(=O)C2COc3ccccc3O2)C1CN. The van der Waals surface area contributed by atoms with Gasteiger partial charge in [0.1, 0.15) is 6.61 Å². The van der Waals surface area contributed by atoms with E-state index in [0.717, 1.165) is 19.4 Å². The van der Waals surface area contributed by atoms with Crippen molar-refractivity contribution in [2.45, 2.75) is 31.9 Å². The first-order chi connectivity index (χ1) is 10.2. The Labute approximate surface area is 125 Å². The second-order valence-corrected chi connectivity index (χ2v) is 5.82. The van der Waals surface area contributed by atoms with Crippen LogP contribution in [0.15, 0.2) is 24.3 Å². The second kappa shape index (κ2) is 5.93. The van der Waals surface area contributed by atoms with Crippen LogP contribution in [0.5, 0.6) is 11.5 Å². The van der Waals surface area contributed by atoms with E-state index in [1.165, 1.54) is 0 Å². The third-order valence-corrected chi connectivity index (χ3v) is 4.42. The number of piperidine rings is 1. The van der Waals surface area contributed by atoms with Crippen LogP contribution in [0.1, 0.15) is 19.8 Å². The third-order valence-electron chi connectivity index (χ3n) is 4.42. The summed E-state index contributed by atoms with van der Waals surface area (Å²) >= 11 is 0. The van der Waals surface area contributed by atoms with E-state index >= 15 is 0 Å². The molecular formula is C16H22N2O3. The van der Waals surface area contributed by atoms with Crippen LogP contribution in [0, 0.1) is 5.92 Å². The van der Waals surface area contributed by atoms with Crippen molar-refractivity contribution in [3.8, 4) is 11.5 Å². The third kappa shape index (κ3) is 2.70. The van der Waals surface area contributed by atoms with E-state index in [-0.39, 0.29) is 18.6 Å². The first kappa shape index (κ1) is 14.2. The van der Waals surface area contributed by atoms with E-state index in [4.69, 9.17) is 15.2 Å². The van der Waals surface area contributed by atoms with Crippen molar-refractivity contribution < 1.29 is 14.3 Å². The van der Waals surface area contributed by atoms with Gasteiger partial charge in [0.05, 0.1) is 0 Å². The summed E-state index contributed by atoms with van der Waals surface area (Å²) in [6.45, 7) is 3.67. The Balaban J connectivity index is 1.74. The van der Waals surface area contributed by atoms with Crippen LogP contribution in [0.25, 0.3) is 0 Å².